The minimum Gasteiger partial charge on any atom is -0.437 e. The van der Waals surface area contributed by atoms with Crippen LogP contribution in [0.5, 0.6) is 11.6 Å². The number of hydrogen-bond donors (Lipinski definition) is 0. The van der Waals surface area contributed by atoms with Gasteiger partial charge in [0.05, 0.1) is 11.0 Å². The van der Waals surface area contributed by atoms with Crippen LogP contribution in [0.2, 0.25) is 0 Å². The van der Waals surface area contributed by atoms with Crippen LogP contribution in [0.15, 0.2) is 24.3 Å². The van der Waals surface area contributed by atoms with Crippen molar-refractivity contribution in [3.05, 3.63) is 45.6 Å². The second-order valence-electron chi connectivity index (χ2n) is 4.53. The monoisotopic (exact) mass is 355 g/mol. The van der Waals surface area contributed by atoms with Gasteiger partial charge in [-0.25, -0.2) is 0 Å². The summed E-state index contributed by atoms with van der Waals surface area (Å²) in [6.07, 6.45) is -9.68. The highest BCUT2D eigenvalue weighted by atomic mass is 19.4. The molecule has 0 N–H and O–H groups in total. The summed E-state index contributed by atoms with van der Waals surface area (Å²) in [5, 5.41) is 14.1. The maximum absolute atomic E-state index is 12.7. The third-order valence-electron chi connectivity index (χ3n) is 2.84. The second-order valence-corrected chi connectivity index (χ2v) is 4.53. The molecule has 0 amide bonds. The molecule has 0 bridgehead atoms. The van der Waals surface area contributed by atoms with E-state index in [-0.39, 0.29) is 0 Å². The van der Waals surface area contributed by atoms with Gasteiger partial charge in [-0.1, -0.05) is 0 Å². The smallest absolute Gasteiger partial charge is 0.433 e. The lowest BCUT2D eigenvalue weighted by Gasteiger charge is -2.08. The Bertz CT molecular complexity index is 781. The molecule has 24 heavy (non-hydrogen) atoms. The normalized spacial score (nSPS) is 12.3. The van der Waals surface area contributed by atoms with Crippen molar-refractivity contribution in [2.45, 2.75) is 12.4 Å². The molecule has 0 aliphatic rings. The third-order valence-corrected chi connectivity index (χ3v) is 2.84. The molecule has 1 heterocycles. The number of rotatable bonds is 3. The topological polar surface area (TPSA) is 70.2 Å². The van der Waals surface area contributed by atoms with Crippen LogP contribution in [0.1, 0.15) is 11.3 Å². The average Bonchev–Trinajstić information content (AvgIpc) is 2.78. The quantitative estimate of drug-likeness (QED) is 0.471. The summed E-state index contributed by atoms with van der Waals surface area (Å²) < 4.78 is 81.2. The number of hydrogen-bond acceptors (Lipinski definition) is 4. The number of benzene rings is 1. The van der Waals surface area contributed by atoms with Crippen LogP contribution in [0.25, 0.3) is 0 Å². The van der Waals surface area contributed by atoms with E-state index in [9.17, 15) is 36.5 Å². The van der Waals surface area contributed by atoms with Gasteiger partial charge in [-0.3, -0.25) is 14.8 Å². The first-order chi connectivity index (χ1) is 10.9. The molecule has 0 fully saturated rings. The van der Waals surface area contributed by atoms with E-state index in [1.165, 1.54) is 0 Å². The highest BCUT2D eigenvalue weighted by molar-refractivity contribution is 5.48. The lowest BCUT2D eigenvalue weighted by atomic mass is 10.1. The van der Waals surface area contributed by atoms with E-state index >= 15 is 0 Å². The Labute approximate surface area is 129 Å². The zero-order valence-corrected chi connectivity index (χ0v) is 11.6. The summed E-state index contributed by atoms with van der Waals surface area (Å²) in [4.78, 5) is 9.48. The molecule has 2 aromatic rings. The predicted octanol–water partition coefficient (Wildman–Crippen LogP) is 4.16. The molecule has 0 unspecified atom stereocenters. The maximum Gasteiger partial charge on any atom is 0.433 e. The highest BCUT2D eigenvalue weighted by Crippen LogP contribution is 2.39. The van der Waals surface area contributed by atoms with E-state index in [2.05, 4.69) is 5.10 Å². The van der Waals surface area contributed by atoms with Gasteiger partial charge >= 0.3 is 12.4 Å². The van der Waals surface area contributed by atoms with E-state index in [1.54, 1.807) is 0 Å². The van der Waals surface area contributed by atoms with Gasteiger partial charge in [-0.05, 0) is 12.1 Å². The molecule has 6 nitrogen and oxygen atoms in total. The van der Waals surface area contributed by atoms with Crippen LogP contribution in [0.3, 0.4) is 0 Å². The molecule has 0 aliphatic carbocycles. The summed E-state index contributed by atoms with van der Waals surface area (Å²) in [7, 11) is 0.991. The van der Waals surface area contributed by atoms with Crippen LogP contribution in [0, 0.1) is 10.1 Å². The van der Waals surface area contributed by atoms with Crippen LogP contribution >= 0.6 is 0 Å². The van der Waals surface area contributed by atoms with Crippen molar-refractivity contribution in [2.24, 2.45) is 7.05 Å². The molecule has 2 rings (SSSR count). The zero-order valence-electron chi connectivity index (χ0n) is 11.6. The number of halogens is 6. The van der Waals surface area contributed by atoms with Crippen molar-refractivity contribution in [3.63, 3.8) is 0 Å². The number of ether oxygens (including phenoxy) is 1. The summed E-state index contributed by atoms with van der Waals surface area (Å²) in [6.45, 7) is 0. The highest BCUT2D eigenvalue weighted by Gasteiger charge is 2.39. The van der Waals surface area contributed by atoms with Gasteiger partial charge in [-0.15, -0.1) is 5.10 Å². The van der Waals surface area contributed by atoms with Gasteiger partial charge in [0.15, 0.2) is 0 Å². The first-order valence-electron chi connectivity index (χ1n) is 6.04. The van der Waals surface area contributed by atoms with Crippen molar-refractivity contribution in [3.8, 4) is 11.6 Å². The minimum atomic E-state index is -4.96. The minimum absolute atomic E-state index is 0.404. The molecule has 12 heteroatoms. The Morgan fingerprint density at radius 2 is 1.75 bits per heavy atom. The number of nitro groups is 1. The number of aromatic nitrogens is 2. The Hall–Kier alpha value is -2.79. The SMILES string of the molecule is Cn1nc(Oc2ccc(C(F)(F)F)c([N+](=O)[O-])c2)cc1C(F)(F)F. The Balaban J connectivity index is 2.38. The summed E-state index contributed by atoms with van der Waals surface area (Å²) >= 11 is 0. The lowest BCUT2D eigenvalue weighted by molar-refractivity contribution is -0.388. The van der Waals surface area contributed by atoms with Gasteiger partial charge in [0.25, 0.3) is 5.69 Å². The van der Waals surface area contributed by atoms with E-state index < -0.39 is 45.9 Å². The van der Waals surface area contributed by atoms with E-state index in [0.717, 1.165) is 13.1 Å². The largest absolute Gasteiger partial charge is 0.437 e. The zero-order chi connectivity index (χ0) is 18.3. The molecule has 130 valence electrons. The molecule has 0 atom stereocenters. The van der Waals surface area contributed by atoms with Crippen LogP contribution in [-0.4, -0.2) is 14.7 Å². The fraction of sp³-hybridized carbons (Fsp3) is 0.250. The number of nitrogens with zero attached hydrogens (tertiary/aromatic N) is 3. The molecule has 0 saturated heterocycles. The number of aryl methyl sites for hydroxylation is 1. The van der Waals surface area contributed by atoms with E-state index in [4.69, 9.17) is 4.74 Å². The van der Waals surface area contributed by atoms with Crippen molar-refractivity contribution in [1.82, 2.24) is 9.78 Å². The van der Waals surface area contributed by atoms with Crippen molar-refractivity contribution in [2.75, 3.05) is 0 Å². The van der Waals surface area contributed by atoms with Crippen molar-refractivity contribution in [1.29, 1.82) is 0 Å². The number of nitro benzene ring substituents is 1. The van der Waals surface area contributed by atoms with Crippen LogP contribution in [0.4, 0.5) is 32.0 Å². The molecular formula is C12H7F6N3O3. The molecule has 0 saturated carbocycles. The van der Waals surface area contributed by atoms with Gasteiger partial charge in [0.1, 0.15) is 17.0 Å². The Kier molecular flexibility index (Phi) is 4.16. The molecule has 0 spiro atoms. The maximum atomic E-state index is 12.7. The molecule has 1 aromatic carbocycles. The number of alkyl halides is 6. The Morgan fingerprint density at radius 1 is 1.12 bits per heavy atom. The van der Waals surface area contributed by atoms with E-state index in [1.807, 2.05) is 0 Å². The van der Waals surface area contributed by atoms with Gasteiger partial charge in [-0.2, -0.15) is 26.3 Å². The third kappa shape index (κ3) is 3.58. The van der Waals surface area contributed by atoms with Crippen molar-refractivity contribution < 1.29 is 36.0 Å². The van der Waals surface area contributed by atoms with E-state index in [0.29, 0.717) is 22.9 Å². The molecular weight excluding hydrogens is 348 g/mol. The second kappa shape index (κ2) is 5.69. The molecule has 1 aromatic heterocycles. The fourth-order valence-electron chi connectivity index (χ4n) is 1.84. The van der Waals surface area contributed by atoms with Crippen LogP contribution < -0.4 is 4.74 Å². The van der Waals surface area contributed by atoms with Crippen LogP contribution in [-0.2, 0) is 19.4 Å². The summed E-state index contributed by atoms with van der Waals surface area (Å²) in [5.41, 5.74) is -3.94. The Morgan fingerprint density at radius 3 is 2.21 bits per heavy atom. The lowest BCUT2D eigenvalue weighted by Crippen LogP contribution is -2.11. The summed E-state index contributed by atoms with van der Waals surface area (Å²) in [6, 6.07) is 2.13. The molecule has 0 radical (unpaired) electrons. The first kappa shape index (κ1) is 17.6. The van der Waals surface area contributed by atoms with Crippen molar-refractivity contribution >= 4 is 5.69 Å². The average molecular weight is 355 g/mol. The van der Waals surface area contributed by atoms with Gasteiger partial charge in [0, 0.05) is 13.1 Å². The summed E-state index contributed by atoms with van der Waals surface area (Å²) in [5.74, 6) is -1.03. The van der Waals surface area contributed by atoms with Gasteiger partial charge < -0.3 is 4.74 Å². The fourth-order valence-corrected chi connectivity index (χ4v) is 1.84. The van der Waals surface area contributed by atoms with Gasteiger partial charge in [0.2, 0.25) is 5.88 Å². The molecule has 0 aliphatic heterocycles. The predicted molar refractivity (Wildman–Crippen MR) is 66.4 cm³/mol. The standard InChI is InChI=1S/C12H7F6N3O3/c1-20-9(12(16,17)18)5-10(19-20)24-6-2-3-7(11(13,14)15)8(4-6)21(22)23/h2-5H,1H3. The first-order valence-corrected chi connectivity index (χ1v) is 6.04.